The van der Waals surface area contributed by atoms with Gasteiger partial charge in [0, 0.05) is 31.9 Å². The minimum Gasteiger partial charge on any atom is -0.452 e. The molecular formula is C19H23N5O5S. The van der Waals surface area contributed by atoms with Crippen molar-refractivity contribution in [1.29, 1.82) is 0 Å². The van der Waals surface area contributed by atoms with E-state index in [1.807, 2.05) is 0 Å². The van der Waals surface area contributed by atoms with Crippen LogP contribution in [0, 0.1) is 0 Å². The molecule has 0 atom stereocenters. The molecule has 11 heteroatoms. The number of carbonyl (C=O) groups is 2. The number of anilines is 1. The molecule has 2 aromatic rings. The maximum atomic E-state index is 12.6. The average molecular weight is 433 g/mol. The Kier molecular flexibility index (Phi) is 6.83. The molecule has 0 spiro atoms. The number of hydrogen-bond acceptors (Lipinski definition) is 7. The van der Waals surface area contributed by atoms with Crippen molar-refractivity contribution < 1.29 is 22.7 Å². The predicted molar refractivity (Wildman–Crippen MR) is 110 cm³/mol. The standard InChI is InChI=1S/C19H23N5O5S/c1-24-12-14(11-21-24)19(26)29-13-18(25)22-15-6-5-7-16(10-15)30(27,28)23-17-8-3-2-4-9-20-17/h5-7,10-12H,2-4,8-9,13H2,1H3,(H,20,23)(H,22,25). The number of aryl methyl sites for hydroxylation is 1. The Hall–Kier alpha value is -3.21. The van der Waals surface area contributed by atoms with Crippen molar-refractivity contribution in [3.8, 4) is 0 Å². The quantitative estimate of drug-likeness (QED) is 0.663. The predicted octanol–water partition coefficient (Wildman–Crippen LogP) is 1.47. The Bertz CT molecular complexity index is 1060. The van der Waals surface area contributed by atoms with Crippen LogP contribution in [0.1, 0.15) is 36.0 Å². The zero-order chi connectivity index (χ0) is 21.6. The van der Waals surface area contributed by atoms with Crippen molar-refractivity contribution in [3.63, 3.8) is 0 Å². The molecule has 10 nitrogen and oxygen atoms in total. The first-order valence-corrected chi connectivity index (χ1v) is 10.9. The van der Waals surface area contributed by atoms with E-state index in [-0.39, 0.29) is 16.1 Å². The highest BCUT2D eigenvalue weighted by Crippen LogP contribution is 2.16. The Morgan fingerprint density at radius 3 is 2.83 bits per heavy atom. The van der Waals surface area contributed by atoms with E-state index < -0.39 is 28.5 Å². The summed E-state index contributed by atoms with van der Waals surface area (Å²) in [5, 5.41) is 6.38. The van der Waals surface area contributed by atoms with Crippen molar-refractivity contribution >= 4 is 33.4 Å². The van der Waals surface area contributed by atoms with Gasteiger partial charge in [-0.1, -0.05) is 12.5 Å². The van der Waals surface area contributed by atoms with Crippen molar-refractivity contribution in [2.75, 3.05) is 18.5 Å². The number of carbonyl (C=O) groups excluding carboxylic acids is 2. The molecule has 0 aliphatic carbocycles. The maximum absolute atomic E-state index is 12.6. The number of sulfonamides is 1. The van der Waals surface area contributed by atoms with Gasteiger partial charge in [0.1, 0.15) is 5.84 Å². The first kappa shape index (κ1) is 21.5. The number of benzene rings is 1. The molecule has 2 N–H and O–H groups in total. The summed E-state index contributed by atoms with van der Waals surface area (Å²) in [6.07, 6.45) is 6.23. The number of amidine groups is 1. The van der Waals surface area contributed by atoms with Gasteiger partial charge in [0.05, 0.1) is 16.7 Å². The molecule has 0 bridgehead atoms. The van der Waals surface area contributed by atoms with E-state index in [9.17, 15) is 18.0 Å². The number of ether oxygens (including phenoxy) is 1. The van der Waals surface area contributed by atoms with E-state index >= 15 is 0 Å². The summed E-state index contributed by atoms with van der Waals surface area (Å²) in [7, 11) is -2.17. The third-order valence-electron chi connectivity index (χ3n) is 4.33. The van der Waals surface area contributed by atoms with Crippen LogP contribution in [0.2, 0.25) is 0 Å². The molecule has 0 saturated heterocycles. The summed E-state index contributed by atoms with van der Waals surface area (Å²) in [4.78, 5) is 28.2. The molecule has 1 amide bonds. The number of rotatable bonds is 6. The van der Waals surface area contributed by atoms with Crippen LogP contribution in [0.25, 0.3) is 0 Å². The SMILES string of the molecule is Cn1cc(C(=O)OCC(=O)Nc2cccc(S(=O)(=O)NC3=NCCCCC3)c2)cn1. The van der Waals surface area contributed by atoms with Gasteiger partial charge in [-0.15, -0.1) is 0 Å². The van der Waals surface area contributed by atoms with Gasteiger partial charge < -0.3 is 10.1 Å². The Morgan fingerprint density at radius 1 is 1.23 bits per heavy atom. The molecule has 0 radical (unpaired) electrons. The van der Waals surface area contributed by atoms with E-state index in [4.69, 9.17) is 4.74 Å². The molecule has 3 rings (SSSR count). The lowest BCUT2D eigenvalue weighted by Gasteiger charge is -2.11. The molecule has 30 heavy (non-hydrogen) atoms. The maximum Gasteiger partial charge on any atom is 0.341 e. The molecule has 160 valence electrons. The number of aromatic nitrogens is 2. The van der Waals surface area contributed by atoms with Gasteiger partial charge in [-0.25, -0.2) is 13.2 Å². The second-order valence-electron chi connectivity index (χ2n) is 6.80. The molecule has 0 fully saturated rings. The lowest BCUT2D eigenvalue weighted by Crippen LogP contribution is -2.30. The number of aliphatic imine (C=N–C) groups is 1. The number of esters is 1. The van der Waals surface area contributed by atoms with Gasteiger partial charge in [-0.3, -0.25) is 19.2 Å². The smallest absolute Gasteiger partial charge is 0.341 e. The summed E-state index contributed by atoms with van der Waals surface area (Å²) in [6.45, 7) is 0.0888. The molecular weight excluding hydrogens is 410 g/mol. The average Bonchev–Trinajstić information content (AvgIpc) is 2.99. The second-order valence-corrected chi connectivity index (χ2v) is 8.48. The first-order valence-electron chi connectivity index (χ1n) is 9.45. The van der Waals surface area contributed by atoms with Crippen LogP contribution in [-0.2, 0) is 26.6 Å². The van der Waals surface area contributed by atoms with Crippen molar-refractivity contribution in [3.05, 3.63) is 42.2 Å². The molecule has 1 aliphatic heterocycles. The van der Waals surface area contributed by atoms with Crippen molar-refractivity contribution in [2.45, 2.75) is 30.6 Å². The fourth-order valence-electron chi connectivity index (χ4n) is 2.85. The third kappa shape index (κ3) is 5.89. The fourth-order valence-corrected chi connectivity index (χ4v) is 3.99. The van der Waals surface area contributed by atoms with Crippen LogP contribution in [0.5, 0.6) is 0 Å². The first-order chi connectivity index (χ1) is 14.3. The Labute approximate surface area is 174 Å². The fraction of sp³-hybridized carbons (Fsp3) is 0.368. The van der Waals surface area contributed by atoms with Crippen LogP contribution < -0.4 is 10.0 Å². The number of amides is 1. The summed E-state index contributed by atoms with van der Waals surface area (Å²) in [6, 6.07) is 5.82. The molecule has 1 aliphatic rings. The van der Waals surface area contributed by atoms with E-state index in [1.54, 1.807) is 13.1 Å². The van der Waals surface area contributed by atoms with Gasteiger partial charge in [0.2, 0.25) is 0 Å². The van der Waals surface area contributed by atoms with E-state index in [0.717, 1.165) is 19.3 Å². The Balaban J connectivity index is 1.59. The minimum atomic E-state index is -3.82. The van der Waals surface area contributed by atoms with Gasteiger partial charge in [0.25, 0.3) is 15.9 Å². The van der Waals surface area contributed by atoms with Gasteiger partial charge in [0.15, 0.2) is 6.61 Å². The van der Waals surface area contributed by atoms with E-state index in [0.29, 0.717) is 18.8 Å². The summed E-state index contributed by atoms with van der Waals surface area (Å²) >= 11 is 0. The third-order valence-corrected chi connectivity index (χ3v) is 5.71. The van der Waals surface area contributed by atoms with Crippen LogP contribution in [0.3, 0.4) is 0 Å². The Morgan fingerprint density at radius 2 is 2.07 bits per heavy atom. The number of nitrogens with one attached hydrogen (secondary N) is 2. The highest BCUT2D eigenvalue weighted by atomic mass is 32.2. The van der Waals surface area contributed by atoms with E-state index in [1.165, 1.54) is 35.3 Å². The minimum absolute atomic E-state index is 0.000369. The topological polar surface area (TPSA) is 132 Å². The largest absolute Gasteiger partial charge is 0.452 e. The molecule has 0 unspecified atom stereocenters. The van der Waals surface area contributed by atoms with Crippen LogP contribution >= 0.6 is 0 Å². The van der Waals surface area contributed by atoms with Crippen molar-refractivity contribution in [2.24, 2.45) is 12.0 Å². The van der Waals surface area contributed by atoms with Gasteiger partial charge in [-0.2, -0.15) is 5.10 Å². The highest BCUT2D eigenvalue weighted by Gasteiger charge is 2.18. The second kappa shape index (κ2) is 9.53. The lowest BCUT2D eigenvalue weighted by atomic mass is 10.2. The highest BCUT2D eigenvalue weighted by molar-refractivity contribution is 7.90. The van der Waals surface area contributed by atoms with E-state index in [2.05, 4.69) is 20.1 Å². The van der Waals surface area contributed by atoms with Crippen molar-refractivity contribution in [1.82, 2.24) is 14.5 Å². The van der Waals surface area contributed by atoms with Crippen LogP contribution in [0.15, 0.2) is 46.5 Å². The summed E-state index contributed by atoms with van der Waals surface area (Å²) < 4.78 is 34.2. The molecule has 1 aromatic carbocycles. The monoisotopic (exact) mass is 433 g/mol. The van der Waals surface area contributed by atoms with Gasteiger partial charge in [-0.05, 0) is 31.0 Å². The van der Waals surface area contributed by atoms with Gasteiger partial charge >= 0.3 is 5.97 Å². The zero-order valence-electron chi connectivity index (χ0n) is 16.5. The molecule has 0 saturated carbocycles. The molecule has 1 aromatic heterocycles. The normalized spacial score (nSPS) is 14.4. The van der Waals surface area contributed by atoms with Crippen LogP contribution in [0.4, 0.5) is 5.69 Å². The summed E-state index contributed by atoms with van der Waals surface area (Å²) in [5.41, 5.74) is 0.494. The number of hydrogen-bond donors (Lipinski definition) is 2. The summed E-state index contributed by atoms with van der Waals surface area (Å²) in [5.74, 6) is -0.824. The zero-order valence-corrected chi connectivity index (χ0v) is 17.3. The number of nitrogens with zero attached hydrogens (tertiary/aromatic N) is 3. The lowest BCUT2D eigenvalue weighted by molar-refractivity contribution is -0.119. The van der Waals surface area contributed by atoms with Crippen LogP contribution in [-0.4, -0.2) is 49.1 Å². The molecule has 2 heterocycles.